The number of amides is 1. The van der Waals surface area contributed by atoms with Crippen molar-refractivity contribution in [1.29, 1.82) is 0 Å². The lowest BCUT2D eigenvalue weighted by Crippen LogP contribution is -2.28. The fourth-order valence-electron chi connectivity index (χ4n) is 3.00. The highest BCUT2D eigenvalue weighted by Crippen LogP contribution is 2.34. The molecule has 2 aromatic carbocycles. The van der Waals surface area contributed by atoms with Crippen LogP contribution in [0.3, 0.4) is 0 Å². The van der Waals surface area contributed by atoms with Crippen LogP contribution in [0.25, 0.3) is 0 Å². The third kappa shape index (κ3) is 4.88. The maximum absolute atomic E-state index is 12.7. The van der Waals surface area contributed by atoms with Gasteiger partial charge in [0.05, 0.1) is 11.5 Å². The highest BCUT2D eigenvalue weighted by molar-refractivity contribution is 6.02. The molecule has 152 valence electrons. The lowest BCUT2D eigenvalue weighted by atomic mass is 9.98. The standard InChI is InChI=1S/C20H20N2O7/c1-13(14-5-3-2-4-6-14)29-20(24)21-10-9-17(23)19-15-11-27-12-28-18(15)8-7-16(19)22(25)26/h2-8,13H,9-12H2,1H3,(H,21,24). The maximum atomic E-state index is 12.7. The van der Waals surface area contributed by atoms with Crippen molar-refractivity contribution < 1.29 is 28.7 Å². The Hall–Kier alpha value is -3.46. The number of carbonyl (C=O) groups excluding carboxylic acids is 2. The van der Waals surface area contributed by atoms with Crippen molar-refractivity contribution in [3.8, 4) is 5.75 Å². The molecule has 1 heterocycles. The number of nitrogens with one attached hydrogen (secondary N) is 1. The summed E-state index contributed by atoms with van der Waals surface area (Å²) in [6, 6.07) is 11.9. The molecule has 0 radical (unpaired) electrons. The molecular formula is C20H20N2O7. The van der Waals surface area contributed by atoms with Gasteiger partial charge in [0, 0.05) is 24.6 Å². The highest BCUT2D eigenvalue weighted by atomic mass is 16.7. The number of hydrogen-bond acceptors (Lipinski definition) is 7. The number of Topliss-reactive ketones (excluding diaryl/α,β-unsaturated/α-hetero) is 1. The second kappa shape index (κ2) is 9.16. The van der Waals surface area contributed by atoms with Crippen LogP contribution in [0.2, 0.25) is 0 Å². The van der Waals surface area contributed by atoms with Gasteiger partial charge < -0.3 is 19.5 Å². The summed E-state index contributed by atoms with van der Waals surface area (Å²) in [6.45, 7) is 1.77. The summed E-state index contributed by atoms with van der Waals surface area (Å²) < 4.78 is 15.7. The zero-order chi connectivity index (χ0) is 20.8. The van der Waals surface area contributed by atoms with E-state index in [1.54, 1.807) is 6.92 Å². The second-order valence-corrected chi connectivity index (χ2v) is 6.36. The molecule has 29 heavy (non-hydrogen) atoms. The third-order valence-electron chi connectivity index (χ3n) is 4.44. The van der Waals surface area contributed by atoms with Crippen LogP contribution in [0.1, 0.15) is 40.9 Å². The number of ether oxygens (including phenoxy) is 3. The first-order valence-corrected chi connectivity index (χ1v) is 9.01. The first kappa shape index (κ1) is 20.3. The number of nitro groups is 1. The lowest BCUT2D eigenvalue weighted by Gasteiger charge is -2.20. The Bertz CT molecular complexity index is 915. The van der Waals surface area contributed by atoms with E-state index in [1.165, 1.54) is 12.1 Å². The van der Waals surface area contributed by atoms with E-state index in [2.05, 4.69) is 5.32 Å². The van der Waals surface area contributed by atoms with E-state index in [0.29, 0.717) is 11.3 Å². The second-order valence-electron chi connectivity index (χ2n) is 6.36. The summed E-state index contributed by atoms with van der Waals surface area (Å²) in [5.74, 6) is -0.103. The molecule has 1 atom stereocenters. The smallest absolute Gasteiger partial charge is 0.407 e. The van der Waals surface area contributed by atoms with Crippen molar-refractivity contribution in [2.24, 2.45) is 0 Å². The average molecular weight is 400 g/mol. The molecular weight excluding hydrogens is 380 g/mol. The maximum Gasteiger partial charge on any atom is 0.407 e. The van der Waals surface area contributed by atoms with Gasteiger partial charge in [-0.25, -0.2) is 4.79 Å². The van der Waals surface area contributed by atoms with E-state index < -0.39 is 22.9 Å². The van der Waals surface area contributed by atoms with Crippen LogP contribution < -0.4 is 10.1 Å². The average Bonchev–Trinajstić information content (AvgIpc) is 2.73. The molecule has 0 saturated carbocycles. The van der Waals surface area contributed by atoms with Gasteiger partial charge in [-0.1, -0.05) is 30.3 Å². The Balaban J connectivity index is 1.61. The SMILES string of the molecule is CC(OC(=O)NCCC(=O)c1c([N+](=O)[O-])ccc2c1COCO2)c1ccccc1. The summed E-state index contributed by atoms with van der Waals surface area (Å²) >= 11 is 0. The molecule has 0 aromatic heterocycles. The van der Waals surface area contributed by atoms with Crippen molar-refractivity contribution in [3.63, 3.8) is 0 Å². The minimum atomic E-state index is -0.676. The van der Waals surface area contributed by atoms with Gasteiger partial charge in [-0.2, -0.15) is 0 Å². The number of ketones is 1. The number of benzene rings is 2. The van der Waals surface area contributed by atoms with Crippen molar-refractivity contribution in [3.05, 3.63) is 69.3 Å². The molecule has 0 fully saturated rings. The number of hydrogen-bond donors (Lipinski definition) is 1. The normalized spacial score (nSPS) is 13.6. The molecule has 9 heteroatoms. The van der Waals surface area contributed by atoms with Gasteiger partial charge in [-0.15, -0.1) is 0 Å². The molecule has 0 saturated heterocycles. The predicted molar refractivity (Wildman–Crippen MR) is 102 cm³/mol. The number of carbonyl (C=O) groups is 2. The fraction of sp³-hybridized carbons (Fsp3) is 0.300. The Morgan fingerprint density at radius 3 is 2.72 bits per heavy atom. The van der Waals surface area contributed by atoms with E-state index in [1.807, 2.05) is 30.3 Å². The predicted octanol–water partition coefficient (Wildman–Crippen LogP) is 3.52. The largest absolute Gasteiger partial charge is 0.467 e. The summed E-state index contributed by atoms with van der Waals surface area (Å²) in [4.78, 5) is 35.3. The molecule has 2 aromatic rings. The molecule has 9 nitrogen and oxygen atoms in total. The van der Waals surface area contributed by atoms with E-state index in [4.69, 9.17) is 14.2 Å². The van der Waals surface area contributed by atoms with Gasteiger partial charge in [0.2, 0.25) is 0 Å². The van der Waals surface area contributed by atoms with Crippen molar-refractivity contribution in [2.75, 3.05) is 13.3 Å². The number of nitro benzene ring substituents is 1. The molecule has 1 aliphatic heterocycles. The number of rotatable bonds is 7. The fourth-order valence-corrected chi connectivity index (χ4v) is 3.00. The van der Waals surface area contributed by atoms with Gasteiger partial charge in [-0.05, 0) is 18.6 Å². The van der Waals surface area contributed by atoms with Gasteiger partial charge in [0.15, 0.2) is 12.6 Å². The molecule has 1 aliphatic rings. The van der Waals surface area contributed by atoms with Crippen LogP contribution in [-0.4, -0.2) is 30.1 Å². The Morgan fingerprint density at radius 2 is 2.00 bits per heavy atom. The number of nitrogens with zero attached hydrogens (tertiary/aromatic N) is 1. The summed E-state index contributed by atoms with van der Waals surface area (Å²) in [5, 5.41) is 13.8. The van der Waals surface area contributed by atoms with Gasteiger partial charge in [-0.3, -0.25) is 14.9 Å². The van der Waals surface area contributed by atoms with Crippen molar-refractivity contribution in [1.82, 2.24) is 5.32 Å². The van der Waals surface area contributed by atoms with E-state index in [-0.39, 0.29) is 37.6 Å². The minimum Gasteiger partial charge on any atom is -0.467 e. The zero-order valence-electron chi connectivity index (χ0n) is 15.8. The summed E-state index contributed by atoms with van der Waals surface area (Å²) in [7, 11) is 0. The van der Waals surface area contributed by atoms with Crippen LogP contribution in [0.15, 0.2) is 42.5 Å². The molecule has 1 unspecified atom stereocenters. The Morgan fingerprint density at radius 1 is 1.24 bits per heavy atom. The van der Waals surface area contributed by atoms with Crippen LogP contribution in [0.4, 0.5) is 10.5 Å². The van der Waals surface area contributed by atoms with E-state index in [9.17, 15) is 19.7 Å². The summed E-state index contributed by atoms with van der Waals surface area (Å²) in [5.41, 5.74) is 0.809. The minimum absolute atomic E-state index is 0.0193. The van der Waals surface area contributed by atoms with Gasteiger partial charge >= 0.3 is 6.09 Å². The zero-order valence-corrected chi connectivity index (χ0v) is 15.8. The van der Waals surface area contributed by atoms with Crippen molar-refractivity contribution >= 4 is 17.6 Å². The first-order valence-electron chi connectivity index (χ1n) is 9.01. The van der Waals surface area contributed by atoms with E-state index in [0.717, 1.165) is 5.56 Å². The summed E-state index contributed by atoms with van der Waals surface area (Å²) in [6.07, 6.45) is -1.26. The molecule has 0 spiro atoms. The third-order valence-corrected chi connectivity index (χ3v) is 4.44. The molecule has 3 rings (SSSR count). The van der Waals surface area contributed by atoms with E-state index >= 15 is 0 Å². The molecule has 1 N–H and O–H groups in total. The molecule has 1 amide bonds. The van der Waals surface area contributed by atoms with Crippen LogP contribution in [0, 0.1) is 10.1 Å². The van der Waals surface area contributed by atoms with Gasteiger partial charge in [0.25, 0.3) is 5.69 Å². The van der Waals surface area contributed by atoms with Crippen LogP contribution in [0.5, 0.6) is 5.75 Å². The lowest BCUT2D eigenvalue weighted by molar-refractivity contribution is -0.385. The Labute approximate surface area is 166 Å². The monoisotopic (exact) mass is 400 g/mol. The molecule has 0 aliphatic carbocycles. The molecule has 0 bridgehead atoms. The van der Waals surface area contributed by atoms with Gasteiger partial charge in [0.1, 0.15) is 17.4 Å². The highest BCUT2D eigenvalue weighted by Gasteiger charge is 2.28. The number of fused-ring (bicyclic) bond motifs is 1. The number of alkyl carbamates (subject to hydrolysis) is 1. The van der Waals surface area contributed by atoms with Crippen LogP contribution >= 0.6 is 0 Å². The topological polar surface area (TPSA) is 117 Å². The Kier molecular flexibility index (Phi) is 6.40. The van der Waals surface area contributed by atoms with Crippen LogP contribution in [-0.2, 0) is 16.1 Å². The quantitative estimate of drug-likeness (QED) is 0.429. The van der Waals surface area contributed by atoms with Crippen molar-refractivity contribution in [2.45, 2.75) is 26.1 Å². The first-order chi connectivity index (χ1) is 14.0.